The summed E-state index contributed by atoms with van der Waals surface area (Å²) in [6.45, 7) is 6.30. The van der Waals surface area contributed by atoms with E-state index in [1.807, 2.05) is 39.8 Å². The van der Waals surface area contributed by atoms with Crippen molar-refractivity contribution < 1.29 is 58.0 Å². The molecule has 0 saturated carbocycles. The molecule has 1 aliphatic carbocycles. The molecule has 6 amide bonds. The SMILES string of the molecule is CC(C)C[C@H](NC(=O)[C@H](Cc1ccccc1)N(CCNc1ccc(NCCN(C(=O)OCc2ccccc2)[C@@H](Cc2ccccc2)C(=O)N[C@@H](CC(C)C)C(N)=O)c2c1C(=O)c1c(O)ccc(O)c1C2=O)C(=O)OCc1ccccc1)C(N)=O. The molecule has 0 fully saturated rings. The maximum atomic E-state index is 14.8. The van der Waals surface area contributed by atoms with Crippen LogP contribution in [0, 0.1) is 11.8 Å². The first-order chi connectivity index (χ1) is 40.3. The van der Waals surface area contributed by atoms with Gasteiger partial charge in [-0.05, 0) is 71.2 Å². The van der Waals surface area contributed by atoms with Crippen molar-refractivity contribution in [1.29, 1.82) is 0 Å². The number of amides is 6. The first kappa shape index (κ1) is 61.9. The van der Waals surface area contributed by atoms with E-state index in [4.69, 9.17) is 20.9 Å². The molecule has 0 radical (unpaired) electrons. The minimum atomic E-state index is -1.28. The van der Waals surface area contributed by atoms with Crippen molar-refractivity contribution in [2.24, 2.45) is 23.3 Å². The van der Waals surface area contributed by atoms with E-state index in [0.29, 0.717) is 22.3 Å². The fraction of sp³-hybridized carbons (Fsp3) is 0.312. The Labute approximate surface area is 487 Å². The largest absolute Gasteiger partial charge is 0.507 e. The van der Waals surface area contributed by atoms with Crippen LogP contribution in [0.3, 0.4) is 0 Å². The van der Waals surface area contributed by atoms with Gasteiger partial charge in [-0.2, -0.15) is 0 Å². The Hall–Kier alpha value is -9.72. The molecule has 20 heteroatoms. The standard InChI is InChI=1S/C64H72N8O12/c1-39(2)33-47(59(65)77)69-61(79)49(35-41-17-9-5-10-18-41)71(63(81)83-37-43-21-13-7-14-22-43)31-29-67-45-25-26-46(54-53(45)57(75)55-51(73)27-28-52(74)56(55)58(54)76)68-30-32-72(64(82)84-38-44-23-15-8-16-24-44)50(36-42-19-11-6-12-20-42)62(80)70-48(60(66)78)34-40(3)4/h5-28,39-40,47-50,67-68,73-74H,29-38H2,1-4H3,(H2,65,77)(H2,66,78)(H,69,79)(H,70,80)/t47-,48-,49-,50-/m0/s1. The zero-order chi connectivity index (χ0) is 60.5. The normalized spacial score (nSPS) is 13.1. The molecule has 10 N–H and O–H groups in total. The van der Waals surface area contributed by atoms with E-state index in [9.17, 15) is 48.6 Å². The summed E-state index contributed by atoms with van der Waals surface area (Å²) in [7, 11) is 0. The van der Waals surface area contributed by atoms with Gasteiger partial charge in [-0.25, -0.2) is 9.59 Å². The molecular formula is C64H72N8O12. The summed E-state index contributed by atoms with van der Waals surface area (Å²) in [5.41, 5.74) is 13.0. The second-order valence-corrected chi connectivity index (χ2v) is 21.3. The predicted molar refractivity (Wildman–Crippen MR) is 316 cm³/mol. The molecular weight excluding hydrogens is 1070 g/mol. The number of primary amides is 2. The number of rotatable bonds is 28. The number of nitrogens with one attached hydrogen (secondary N) is 4. The summed E-state index contributed by atoms with van der Waals surface area (Å²) in [6.07, 6.45) is -1.36. The van der Waals surface area contributed by atoms with Crippen LogP contribution in [0.5, 0.6) is 11.5 Å². The predicted octanol–water partition coefficient (Wildman–Crippen LogP) is 7.23. The zero-order valence-electron chi connectivity index (χ0n) is 47.4. The molecule has 0 spiro atoms. The number of ether oxygens (including phenoxy) is 2. The minimum absolute atomic E-state index is 0.0194. The summed E-state index contributed by atoms with van der Waals surface area (Å²) in [6, 6.07) is 36.1. The van der Waals surface area contributed by atoms with Crippen LogP contribution >= 0.6 is 0 Å². The maximum Gasteiger partial charge on any atom is 0.410 e. The lowest BCUT2D eigenvalue weighted by Crippen LogP contribution is -2.56. The number of nitrogens with two attached hydrogens (primary N) is 2. The lowest BCUT2D eigenvalue weighted by atomic mass is 9.81. The molecule has 4 atom stereocenters. The highest BCUT2D eigenvalue weighted by Crippen LogP contribution is 2.42. The van der Waals surface area contributed by atoms with E-state index >= 15 is 0 Å². The Morgan fingerprint density at radius 1 is 0.464 bits per heavy atom. The van der Waals surface area contributed by atoms with Gasteiger partial charge in [0.25, 0.3) is 0 Å². The van der Waals surface area contributed by atoms with E-state index in [-0.39, 0.29) is 99.4 Å². The average Bonchev–Trinajstić information content (AvgIpc) is 1.18. The van der Waals surface area contributed by atoms with Crippen LogP contribution in [0.25, 0.3) is 0 Å². The molecule has 6 aromatic carbocycles. The van der Waals surface area contributed by atoms with Gasteiger partial charge in [0.2, 0.25) is 35.2 Å². The van der Waals surface area contributed by atoms with Crippen LogP contribution in [-0.4, -0.2) is 118 Å². The van der Waals surface area contributed by atoms with Gasteiger partial charge in [0, 0.05) is 50.4 Å². The molecule has 0 aliphatic heterocycles. The van der Waals surface area contributed by atoms with Crippen LogP contribution in [0.2, 0.25) is 0 Å². The van der Waals surface area contributed by atoms with Crippen LogP contribution < -0.4 is 32.7 Å². The third-order valence-electron chi connectivity index (χ3n) is 14.1. The molecule has 0 unspecified atom stereocenters. The molecule has 6 aromatic rings. The number of carbonyl (C=O) groups is 8. The summed E-state index contributed by atoms with van der Waals surface area (Å²) >= 11 is 0. The molecule has 1 aliphatic rings. The van der Waals surface area contributed by atoms with E-state index in [1.54, 1.807) is 109 Å². The fourth-order valence-corrected chi connectivity index (χ4v) is 9.97. The number of phenols is 2. The Morgan fingerprint density at radius 3 is 1.10 bits per heavy atom. The number of fused-ring (bicyclic) bond motifs is 2. The number of anilines is 2. The Kier molecular flexibility index (Phi) is 21.6. The van der Waals surface area contributed by atoms with Gasteiger partial charge in [0.15, 0.2) is 0 Å². The quantitative estimate of drug-likeness (QED) is 0.0225. The van der Waals surface area contributed by atoms with Crippen LogP contribution in [-0.2, 0) is 54.7 Å². The molecule has 7 rings (SSSR count). The van der Waals surface area contributed by atoms with Crippen LogP contribution in [0.15, 0.2) is 146 Å². The molecule has 0 saturated heterocycles. The van der Waals surface area contributed by atoms with Crippen molar-refractivity contribution in [2.45, 2.75) is 90.8 Å². The summed E-state index contributed by atoms with van der Waals surface area (Å²) in [5, 5.41) is 34.1. The number of benzene rings is 6. The highest BCUT2D eigenvalue weighted by molar-refractivity contribution is 6.33. The van der Waals surface area contributed by atoms with E-state index in [1.165, 1.54) is 21.9 Å². The first-order valence-electron chi connectivity index (χ1n) is 27.8. The van der Waals surface area contributed by atoms with Gasteiger partial charge in [-0.15, -0.1) is 0 Å². The topological polar surface area (TPSA) is 302 Å². The number of phenolic OH excluding ortho intramolecular Hbond substituents is 2. The summed E-state index contributed by atoms with van der Waals surface area (Å²) < 4.78 is 11.7. The summed E-state index contributed by atoms with van der Waals surface area (Å²) in [4.78, 5) is 115. The van der Waals surface area contributed by atoms with Crippen LogP contribution in [0.4, 0.5) is 21.0 Å². The van der Waals surface area contributed by atoms with E-state index in [2.05, 4.69) is 21.3 Å². The molecule has 0 bridgehead atoms. The number of hydrogen-bond donors (Lipinski definition) is 8. The number of carbonyl (C=O) groups excluding carboxylic acids is 8. The Balaban J connectivity index is 1.24. The monoisotopic (exact) mass is 1140 g/mol. The number of nitrogens with zero attached hydrogens (tertiary/aromatic N) is 2. The molecule has 440 valence electrons. The van der Waals surface area contributed by atoms with Crippen molar-refractivity contribution in [3.8, 4) is 11.5 Å². The average molecular weight is 1150 g/mol. The van der Waals surface area contributed by atoms with Gasteiger partial charge in [0.05, 0.1) is 22.3 Å². The van der Waals surface area contributed by atoms with Gasteiger partial charge in [-0.3, -0.25) is 38.6 Å². The molecule has 84 heavy (non-hydrogen) atoms. The minimum Gasteiger partial charge on any atom is -0.507 e. The smallest absolute Gasteiger partial charge is 0.410 e. The third kappa shape index (κ3) is 16.3. The first-order valence-corrected chi connectivity index (χ1v) is 27.8. The number of aromatic hydroxyl groups is 2. The molecule has 0 heterocycles. The highest BCUT2D eigenvalue weighted by Gasteiger charge is 2.40. The number of ketones is 2. The Bertz CT molecular complexity index is 3080. The van der Waals surface area contributed by atoms with Gasteiger partial charge in [-0.1, -0.05) is 149 Å². The van der Waals surface area contributed by atoms with Crippen LogP contribution in [0.1, 0.15) is 94.6 Å². The second kappa shape index (κ2) is 29.3. The lowest BCUT2D eigenvalue weighted by Gasteiger charge is -2.32. The van der Waals surface area contributed by atoms with Crippen molar-refractivity contribution in [1.82, 2.24) is 20.4 Å². The summed E-state index contributed by atoms with van der Waals surface area (Å²) in [5.74, 6) is -5.82. The van der Waals surface area contributed by atoms with Crippen molar-refractivity contribution >= 4 is 58.8 Å². The zero-order valence-corrected chi connectivity index (χ0v) is 47.4. The maximum absolute atomic E-state index is 14.8. The van der Waals surface area contributed by atoms with Crippen molar-refractivity contribution in [3.05, 3.63) is 190 Å². The lowest BCUT2D eigenvalue weighted by molar-refractivity contribution is -0.131. The third-order valence-corrected chi connectivity index (χ3v) is 14.1. The second-order valence-electron chi connectivity index (χ2n) is 21.3. The van der Waals surface area contributed by atoms with Gasteiger partial charge >= 0.3 is 12.2 Å². The number of hydrogen-bond acceptors (Lipinski definition) is 14. The highest BCUT2D eigenvalue weighted by atomic mass is 16.6. The van der Waals surface area contributed by atoms with E-state index in [0.717, 1.165) is 12.1 Å². The van der Waals surface area contributed by atoms with Crippen molar-refractivity contribution in [3.63, 3.8) is 0 Å². The fourth-order valence-electron chi connectivity index (χ4n) is 9.97. The van der Waals surface area contributed by atoms with Gasteiger partial charge in [0.1, 0.15) is 48.9 Å². The van der Waals surface area contributed by atoms with E-state index < -0.39 is 94.2 Å². The van der Waals surface area contributed by atoms with Gasteiger partial charge < -0.3 is 52.4 Å². The van der Waals surface area contributed by atoms with Crippen molar-refractivity contribution in [2.75, 3.05) is 36.8 Å². The molecule has 20 nitrogen and oxygen atoms in total. The Morgan fingerprint density at radius 2 is 0.786 bits per heavy atom. The molecule has 0 aromatic heterocycles.